The van der Waals surface area contributed by atoms with Crippen molar-refractivity contribution in [2.45, 2.75) is 62.5 Å². The number of carbonyl (C=O) groups excluding carboxylic acids is 2. The summed E-state index contributed by atoms with van der Waals surface area (Å²) in [5.41, 5.74) is 3.23. The van der Waals surface area contributed by atoms with Gasteiger partial charge in [0.2, 0.25) is 10.0 Å². The number of hydrogen-bond donors (Lipinski definition) is 1. The fourth-order valence-electron chi connectivity index (χ4n) is 6.80. The summed E-state index contributed by atoms with van der Waals surface area (Å²) in [4.78, 5) is 28.6. The Balaban J connectivity index is 1.43. The molecule has 4 atom stereocenters. The zero-order chi connectivity index (χ0) is 28.1. The predicted octanol–water partition coefficient (Wildman–Crippen LogP) is 5.21. The molecule has 2 aliphatic heterocycles. The first kappa shape index (κ1) is 27.3. The topological polar surface area (TPSA) is 92.8 Å². The van der Waals surface area contributed by atoms with Gasteiger partial charge in [0, 0.05) is 35.0 Å². The second-order valence-corrected chi connectivity index (χ2v) is 14.4. The molecule has 4 aliphatic rings. The van der Waals surface area contributed by atoms with E-state index in [2.05, 4.69) is 21.8 Å². The summed E-state index contributed by atoms with van der Waals surface area (Å²) in [6.45, 7) is 3.39. The SMILES string of the molecule is C[C@H]1CC/C=C\C(=O)[C@@H]2CC[C@H]2CN2C[C@@]3(CCCc4cc(Cl)ccc43)COc3ccc(cc32)C(=O)NS1(=O)=O. The third-order valence-corrected chi connectivity index (χ3v) is 11.3. The van der Waals surface area contributed by atoms with Crippen LogP contribution >= 0.6 is 11.6 Å². The molecule has 0 unspecified atom stereocenters. The zero-order valence-corrected chi connectivity index (χ0v) is 24.3. The van der Waals surface area contributed by atoms with Gasteiger partial charge in [0.05, 0.1) is 17.5 Å². The first-order chi connectivity index (χ1) is 19.1. The summed E-state index contributed by atoms with van der Waals surface area (Å²) in [7, 11) is -3.88. The molecule has 9 heteroatoms. The van der Waals surface area contributed by atoms with Crippen LogP contribution in [0.1, 0.15) is 66.9 Å². The summed E-state index contributed by atoms with van der Waals surface area (Å²) in [6.07, 6.45) is 8.92. The van der Waals surface area contributed by atoms with Gasteiger partial charge < -0.3 is 9.64 Å². The smallest absolute Gasteiger partial charge is 0.264 e. The number of rotatable bonds is 0. The molecule has 7 nitrogen and oxygen atoms in total. The third-order valence-electron chi connectivity index (χ3n) is 9.32. The Kier molecular flexibility index (Phi) is 7.20. The molecule has 2 aliphatic carbocycles. The van der Waals surface area contributed by atoms with E-state index in [9.17, 15) is 18.0 Å². The molecule has 2 aromatic rings. The fourth-order valence-corrected chi connectivity index (χ4v) is 8.02. The number of fused-ring (bicyclic) bond motifs is 4. The number of aryl methyl sites for hydroxylation is 1. The highest BCUT2D eigenvalue weighted by atomic mass is 35.5. The maximum absolute atomic E-state index is 13.2. The van der Waals surface area contributed by atoms with Crippen LogP contribution in [0.3, 0.4) is 0 Å². The fraction of sp³-hybridized carbons (Fsp3) is 0.484. The van der Waals surface area contributed by atoms with Gasteiger partial charge in [-0.1, -0.05) is 23.7 Å². The first-order valence-electron chi connectivity index (χ1n) is 14.2. The van der Waals surface area contributed by atoms with Crippen LogP contribution in [-0.2, 0) is 26.7 Å². The number of benzene rings is 2. The van der Waals surface area contributed by atoms with Crippen molar-refractivity contribution in [3.05, 3.63) is 70.3 Å². The Morgan fingerprint density at radius 2 is 1.95 bits per heavy atom. The maximum Gasteiger partial charge on any atom is 0.264 e. The number of anilines is 1. The Morgan fingerprint density at radius 3 is 2.75 bits per heavy atom. The molecule has 2 aromatic carbocycles. The molecule has 2 heterocycles. The number of allylic oxidation sites excluding steroid dienone is 2. The highest BCUT2D eigenvalue weighted by molar-refractivity contribution is 7.90. The van der Waals surface area contributed by atoms with Crippen LogP contribution in [0, 0.1) is 11.8 Å². The molecule has 1 amide bonds. The van der Waals surface area contributed by atoms with Gasteiger partial charge in [-0.15, -0.1) is 0 Å². The molecule has 1 spiro atoms. The summed E-state index contributed by atoms with van der Waals surface area (Å²) in [6, 6.07) is 11.3. The van der Waals surface area contributed by atoms with Crippen LogP contribution in [0.25, 0.3) is 0 Å². The van der Waals surface area contributed by atoms with Crippen molar-refractivity contribution in [2.75, 3.05) is 24.6 Å². The molecule has 1 fully saturated rings. The van der Waals surface area contributed by atoms with E-state index in [-0.39, 0.29) is 28.6 Å². The highest BCUT2D eigenvalue weighted by Gasteiger charge is 2.44. The van der Waals surface area contributed by atoms with E-state index in [0.29, 0.717) is 38.3 Å². The predicted molar refractivity (Wildman–Crippen MR) is 156 cm³/mol. The van der Waals surface area contributed by atoms with E-state index in [1.807, 2.05) is 6.07 Å². The van der Waals surface area contributed by atoms with Crippen LogP contribution in [-0.4, -0.2) is 45.1 Å². The van der Waals surface area contributed by atoms with Crippen molar-refractivity contribution in [2.24, 2.45) is 11.8 Å². The standard InChI is InChI=1S/C31H35ClN2O5S/c1-20-5-2-3-7-28(35)25-11-8-23(25)17-34-18-31(14-4-6-21-15-24(32)10-12-26(21)31)19-39-29-13-9-22(16-27(29)34)30(36)33-40(20,37)38/h3,7,9-10,12-13,15-16,20,23,25H,2,4-6,8,11,14,17-19H2,1H3,(H,33,36)/b7-3-/t20-,23-,25+,31-/m0/s1. The van der Waals surface area contributed by atoms with Crippen molar-refractivity contribution >= 4 is 39.0 Å². The van der Waals surface area contributed by atoms with Gasteiger partial charge in [0.25, 0.3) is 5.91 Å². The van der Waals surface area contributed by atoms with Gasteiger partial charge in [-0.3, -0.25) is 9.59 Å². The minimum atomic E-state index is -3.88. The summed E-state index contributed by atoms with van der Waals surface area (Å²) in [5, 5.41) is -0.0524. The number of carbonyl (C=O) groups is 2. The number of halogens is 1. The van der Waals surface area contributed by atoms with Crippen LogP contribution < -0.4 is 14.4 Å². The van der Waals surface area contributed by atoms with Gasteiger partial charge in [-0.2, -0.15) is 0 Å². The first-order valence-corrected chi connectivity index (χ1v) is 16.1. The van der Waals surface area contributed by atoms with Crippen LogP contribution in [0.4, 0.5) is 5.69 Å². The summed E-state index contributed by atoms with van der Waals surface area (Å²) in [5.74, 6) is 0.259. The average molecular weight is 583 g/mol. The zero-order valence-electron chi connectivity index (χ0n) is 22.7. The van der Waals surface area contributed by atoms with Crippen LogP contribution in [0.15, 0.2) is 48.6 Å². The third kappa shape index (κ3) is 5.05. The Hall–Kier alpha value is -2.84. The quantitative estimate of drug-likeness (QED) is 0.459. The van der Waals surface area contributed by atoms with Gasteiger partial charge in [0.15, 0.2) is 5.78 Å². The molecule has 0 saturated heterocycles. The lowest BCUT2D eigenvalue weighted by atomic mass is 9.68. The van der Waals surface area contributed by atoms with Crippen molar-refractivity contribution in [1.82, 2.24) is 4.72 Å². The summed E-state index contributed by atoms with van der Waals surface area (Å²) >= 11 is 6.36. The van der Waals surface area contributed by atoms with Crippen molar-refractivity contribution in [3.63, 3.8) is 0 Å². The maximum atomic E-state index is 13.2. The van der Waals surface area contributed by atoms with Crippen molar-refractivity contribution in [1.29, 1.82) is 0 Å². The molecule has 6 rings (SSSR count). The van der Waals surface area contributed by atoms with E-state index in [1.54, 1.807) is 37.3 Å². The lowest BCUT2D eigenvalue weighted by Gasteiger charge is -2.44. The molecule has 212 valence electrons. The molecule has 40 heavy (non-hydrogen) atoms. The average Bonchev–Trinajstić information content (AvgIpc) is 3.05. The molecule has 0 aromatic heterocycles. The minimum absolute atomic E-state index is 0.0576. The number of ether oxygens (including phenoxy) is 1. The van der Waals surface area contributed by atoms with Crippen LogP contribution in [0.2, 0.25) is 5.02 Å². The number of hydrogen-bond acceptors (Lipinski definition) is 6. The molecule has 0 radical (unpaired) electrons. The number of ketones is 1. The lowest BCUT2D eigenvalue weighted by Crippen LogP contribution is -2.49. The second kappa shape index (κ2) is 10.5. The largest absolute Gasteiger partial charge is 0.490 e. The monoisotopic (exact) mass is 582 g/mol. The molecular weight excluding hydrogens is 548 g/mol. The van der Waals surface area contributed by atoms with Crippen molar-refractivity contribution < 1.29 is 22.7 Å². The van der Waals surface area contributed by atoms with E-state index < -0.39 is 21.2 Å². The number of nitrogens with one attached hydrogen (secondary N) is 1. The van der Waals surface area contributed by atoms with Gasteiger partial charge in [0.1, 0.15) is 5.75 Å². The van der Waals surface area contributed by atoms with E-state index >= 15 is 0 Å². The minimum Gasteiger partial charge on any atom is -0.490 e. The Morgan fingerprint density at radius 1 is 1.10 bits per heavy atom. The Labute approximate surface area is 241 Å². The lowest BCUT2D eigenvalue weighted by molar-refractivity contribution is -0.122. The highest BCUT2D eigenvalue weighted by Crippen LogP contribution is 2.46. The second-order valence-electron chi connectivity index (χ2n) is 11.9. The molecule has 1 N–H and O–H groups in total. The van der Waals surface area contributed by atoms with Gasteiger partial charge in [-0.05, 0) is 105 Å². The molecule has 1 saturated carbocycles. The molecule has 2 bridgehead atoms. The normalized spacial score (nSPS) is 30.6. The van der Waals surface area contributed by atoms with Crippen molar-refractivity contribution in [3.8, 4) is 5.75 Å². The molecular formula is C31H35ClN2O5S. The van der Waals surface area contributed by atoms with E-state index in [1.165, 1.54) is 11.1 Å². The van der Waals surface area contributed by atoms with Gasteiger partial charge in [-0.25, -0.2) is 13.1 Å². The van der Waals surface area contributed by atoms with E-state index in [4.69, 9.17) is 16.3 Å². The van der Waals surface area contributed by atoms with Gasteiger partial charge >= 0.3 is 0 Å². The number of nitrogens with zero attached hydrogens (tertiary/aromatic N) is 1. The van der Waals surface area contributed by atoms with E-state index in [0.717, 1.165) is 42.8 Å². The summed E-state index contributed by atoms with van der Waals surface area (Å²) < 4.78 is 34.5. The van der Waals surface area contributed by atoms with Crippen LogP contribution in [0.5, 0.6) is 5.75 Å². The number of sulfonamides is 1. The number of amides is 1. The Bertz CT molecular complexity index is 1490.